The third-order valence-corrected chi connectivity index (χ3v) is 2.93. The molecule has 1 atom stereocenters. The molecule has 16 heavy (non-hydrogen) atoms. The van der Waals surface area contributed by atoms with E-state index in [0.29, 0.717) is 6.42 Å². The maximum atomic E-state index is 12.1. The number of hydrogen-bond donors (Lipinski definition) is 1. The summed E-state index contributed by atoms with van der Waals surface area (Å²) in [6, 6.07) is 0. The minimum absolute atomic E-state index is 0.00854. The fraction of sp³-hybridized carbons (Fsp3) is 0.636. The van der Waals surface area contributed by atoms with Crippen molar-refractivity contribution in [2.24, 2.45) is 21.7 Å². The monoisotopic (exact) mass is 224 g/mol. The van der Waals surface area contributed by atoms with Crippen molar-refractivity contribution in [3.63, 3.8) is 0 Å². The van der Waals surface area contributed by atoms with Crippen LogP contribution in [0.4, 0.5) is 0 Å². The predicted octanol–water partition coefficient (Wildman–Crippen LogP) is 2.58. The van der Waals surface area contributed by atoms with Crippen LogP contribution < -0.4 is 0 Å². The van der Waals surface area contributed by atoms with Crippen LogP contribution in [0, 0.1) is 16.2 Å². The molecule has 0 saturated carbocycles. The summed E-state index contributed by atoms with van der Waals surface area (Å²) in [7, 11) is 0. The van der Waals surface area contributed by atoms with Crippen molar-refractivity contribution in [2.75, 3.05) is 0 Å². The summed E-state index contributed by atoms with van der Waals surface area (Å²) in [6.45, 7) is 6.98. The zero-order valence-corrected chi connectivity index (χ0v) is 9.94. The average Bonchev–Trinajstić information content (AvgIpc) is 2.15. The van der Waals surface area contributed by atoms with Crippen molar-refractivity contribution in [1.29, 1.82) is 0 Å². The molecule has 1 aliphatic carbocycles. The number of Topliss-reactive ketones (excluding diaryl/α,β-unsaturated/α-hetero) is 1. The van der Waals surface area contributed by atoms with Gasteiger partial charge in [-0.15, -0.1) is 10.0 Å². The smallest absolute Gasteiger partial charge is 0.173 e. The summed E-state index contributed by atoms with van der Waals surface area (Å²) in [5.41, 5.74) is -0.221. The van der Waals surface area contributed by atoms with Crippen LogP contribution >= 0.6 is 0 Å². The van der Waals surface area contributed by atoms with Gasteiger partial charge in [-0.3, -0.25) is 4.79 Å². The Hall–Kier alpha value is -1.52. The molecule has 88 valence electrons. The first-order valence-corrected chi connectivity index (χ1v) is 5.16. The SMILES string of the molecule is C/C(=N/N=O)C1=C(O)C(C)CC(C)(C)C1=O. The van der Waals surface area contributed by atoms with Gasteiger partial charge in [0.2, 0.25) is 0 Å². The van der Waals surface area contributed by atoms with Crippen LogP contribution in [0.2, 0.25) is 0 Å². The molecule has 0 amide bonds. The van der Waals surface area contributed by atoms with Gasteiger partial charge in [0.15, 0.2) is 5.78 Å². The molecule has 0 heterocycles. The normalized spacial score (nSPS) is 25.9. The fourth-order valence-corrected chi connectivity index (χ4v) is 2.12. The Kier molecular flexibility index (Phi) is 3.26. The molecule has 0 spiro atoms. The molecule has 1 unspecified atom stereocenters. The second-order valence-corrected chi connectivity index (χ2v) is 4.85. The molecular weight excluding hydrogens is 208 g/mol. The highest BCUT2D eigenvalue weighted by atomic mass is 16.3. The average molecular weight is 224 g/mol. The number of hydrogen-bond acceptors (Lipinski definition) is 4. The number of aliphatic hydroxyl groups is 1. The Morgan fingerprint density at radius 2 is 2.06 bits per heavy atom. The summed E-state index contributed by atoms with van der Waals surface area (Å²) in [5.74, 6) is -0.290. The number of aliphatic hydroxyl groups excluding tert-OH is 1. The van der Waals surface area contributed by atoms with E-state index < -0.39 is 5.41 Å². The summed E-state index contributed by atoms with van der Waals surface area (Å²) in [4.78, 5) is 22.1. The summed E-state index contributed by atoms with van der Waals surface area (Å²) in [5, 5.41) is 15.6. The Morgan fingerprint density at radius 3 is 2.56 bits per heavy atom. The zero-order valence-electron chi connectivity index (χ0n) is 9.94. The van der Waals surface area contributed by atoms with Crippen molar-refractivity contribution in [3.05, 3.63) is 16.2 Å². The number of ketones is 1. The second-order valence-electron chi connectivity index (χ2n) is 4.85. The van der Waals surface area contributed by atoms with E-state index in [1.807, 2.05) is 20.8 Å². The van der Waals surface area contributed by atoms with Crippen LogP contribution in [0.3, 0.4) is 0 Å². The van der Waals surface area contributed by atoms with E-state index >= 15 is 0 Å². The van der Waals surface area contributed by atoms with Crippen LogP contribution in [0.5, 0.6) is 0 Å². The molecule has 5 heteroatoms. The molecule has 1 N–H and O–H groups in total. The third kappa shape index (κ3) is 2.03. The second kappa shape index (κ2) is 4.15. The molecule has 0 aromatic carbocycles. The maximum absolute atomic E-state index is 12.1. The first kappa shape index (κ1) is 12.5. The number of rotatable bonds is 2. The Balaban J connectivity index is 3.31. The lowest BCUT2D eigenvalue weighted by molar-refractivity contribution is -0.124. The van der Waals surface area contributed by atoms with E-state index in [9.17, 15) is 14.8 Å². The highest BCUT2D eigenvalue weighted by Crippen LogP contribution is 2.38. The molecule has 0 bridgehead atoms. The van der Waals surface area contributed by atoms with Crippen molar-refractivity contribution >= 4 is 11.5 Å². The lowest BCUT2D eigenvalue weighted by Crippen LogP contribution is -2.36. The highest BCUT2D eigenvalue weighted by Gasteiger charge is 2.40. The topological polar surface area (TPSA) is 79.1 Å². The lowest BCUT2D eigenvalue weighted by Gasteiger charge is -2.33. The molecule has 0 radical (unpaired) electrons. The molecule has 0 fully saturated rings. The van der Waals surface area contributed by atoms with Crippen molar-refractivity contribution in [1.82, 2.24) is 0 Å². The van der Waals surface area contributed by atoms with Gasteiger partial charge in [0.1, 0.15) is 5.76 Å². The highest BCUT2D eigenvalue weighted by molar-refractivity contribution is 6.23. The van der Waals surface area contributed by atoms with Gasteiger partial charge in [0.25, 0.3) is 0 Å². The minimum atomic E-state index is -0.541. The Morgan fingerprint density at radius 1 is 1.50 bits per heavy atom. The number of carbonyl (C=O) groups is 1. The molecule has 1 rings (SSSR count). The first-order chi connectivity index (χ1) is 7.31. The standard InChI is InChI=1S/C11H16N2O3/c1-6-5-11(3,4)10(15)8(9(6)14)7(2)12-13-16/h6,14H,5H2,1-4H3/b12-7-. The van der Waals surface area contributed by atoms with Gasteiger partial charge in [-0.05, 0) is 13.3 Å². The van der Waals surface area contributed by atoms with Crippen LogP contribution in [-0.2, 0) is 4.79 Å². The van der Waals surface area contributed by atoms with Gasteiger partial charge in [-0.25, -0.2) is 0 Å². The quantitative estimate of drug-likeness (QED) is 0.444. The van der Waals surface area contributed by atoms with Crippen molar-refractivity contribution in [3.8, 4) is 0 Å². The molecule has 5 nitrogen and oxygen atoms in total. The van der Waals surface area contributed by atoms with Crippen LogP contribution in [0.25, 0.3) is 0 Å². The molecular formula is C11H16N2O3. The molecule has 0 aromatic rings. The van der Waals surface area contributed by atoms with Crippen LogP contribution in [-0.4, -0.2) is 16.6 Å². The number of nitrogens with zero attached hydrogens (tertiary/aromatic N) is 2. The number of allylic oxidation sites excluding steroid dienone is 2. The van der Waals surface area contributed by atoms with Gasteiger partial charge >= 0.3 is 0 Å². The molecule has 0 aromatic heterocycles. The maximum Gasteiger partial charge on any atom is 0.173 e. The molecule has 0 aliphatic heterocycles. The van der Waals surface area contributed by atoms with E-state index in [2.05, 4.69) is 10.4 Å². The van der Waals surface area contributed by atoms with Gasteiger partial charge in [0.05, 0.1) is 16.6 Å². The Labute approximate surface area is 94.2 Å². The number of carbonyl (C=O) groups excluding carboxylic acids is 1. The summed E-state index contributed by atoms with van der Waals surface area (Å²) < 4.78 is 0. The fourth-order valence-electron chi connectivity index (χ4n) is 2.12. The van der Waals surface area contributed by atoms with E-state index in [0.717, 1.165) is 0 Å². The number of nitroso groups, excluding NO2 is 1. The van der Waals surface area contributed by atoms with Crippen LogP contribution in [0.1, 0.15) is 34.1 Å². The first-order valence-electron chi connectivity index (χ1n) is 5.16. The summed E-state index contributed by atoms with van der Waals surface area (Å²) >= 11 is 0. The largest absolute Gasteiger partial charge is 0.511 e. The van der Waals surface area contributed by atoms with Gasteiger partial charge < -0.3 is 5.11 Å². The minimum Gasteiger partial charge on any atom is -0.511 e. The van der Waals surface area contributed by atoms with Crippen molar-refractivity contribution in [2.45, 2.75) is 34.1 Å². The van der Waals surface area contributed by atoms with E-state index in [4.69, 9.17) is 0 Å². The van der Waals surface area contributed by atoms with E-state index in [1.54, 1.807) is 0 Å². The third-order valence-electron chi connectivity index (χ3n) is 2.93. The van der Waals surface area contributed by atoms with Gasteiger partial charge in [0, 0.05) is 11.3 Å². The van der Waals surface area contributed by atoms with Crippen molar-refractivity contribution < 1.29 is 9.90 Å². The summed E-state index contributed by atoms with van der Waals surface area (Å²) in [6.07, 6.45) is 0.586. The lowest BCUT2D eigenvalue weighted by atomic mass is 9.70. The van der Waals surface area contributed by atoms with Gasteiger partial charge in [-0.2, -0.15) is 0 Å². The van der Waals surface area contributed by atoms with E-state index in [1.165, 1.54) is 6.92 Å². The van der Waals surface area contributed by atoms with E-state index in [-0.39, 0.29) is 28.7 Å². The van der Waals surface area contributed by atoms with Gasteiger partial charge in [-0.1, -0.05) is 20.8 Å². The molecule has 1 aliphatic rings. The Bertz CT molecular complexity index is 394. The molecule has 0 saturated heterocycles. The van der Waals surface area contributed by atoms with Crippen LogP contribution in [0.15, 0.2) is 21.7 Å². The zero-order chi connectivity index (χ0) is 12.5. The predicted molar refractivity (Wildman–Crippen MR) is 61.1 cm³/mol.